The van der Waals surface area contributed by atoms with Crippen LogP contribution < -0.4 is 81.4 Å². The Morgan fingerprint density at radius 3 is 2.12 bits per heavy atom. The summed E-state index contributed by atoms with van der Waals surface area (Å²) in [5, 5.41) is 69.8. The summed E-state index contributed by atoms with van der Waals surface area (Å²) in [6.45, 7) is 0.757. The van der Waals surface area contributed by atoms with Gasteiger partial charge in [-0.1, -0.05) is 0 Å². The molecule has 10 atom stereocenters. The van der Waals surface area contributed by atoms with Crippen LogP contribution >= 0.6 is 0 Å². The van der Waals surface area contributed by atoms with Gasteiger partial charge in [0.1, 0.15) is 60.0 Å². The standard InChI is InChI=1S/C55H83N19O18/c1-26(49(85)70-32-8-6-18-72(3)55(32)91)64-52(88)34(25-75)71-51(87)31-13-16-60-46(67-31)29(9-10-40(57)78)68-54(90)37(22-42(59)80)74(92)45(83)24-62-44(82)23-63-50(86)30(7-4-5-15-56)69-48(84)27(2)65-53(89)35-14-17-61-47-33(66-43(81)12-11-41(58)79)19-28-20-38(76)39(77)21-36(28)73(35)47/h19-21,26-27,29-32,34-37,61,75-77,92H,4-18,22-25,56H2,1-3H3,(H2,57,78)(H2,58,79)(H2,59,80)(H,60,67)(H,62,82)(H,63,86)(H,64,88)(H,65,89)(H,66,81)(H,68,90)(H,69,84)(H,70,85)(H,71,87). The van der Waals surface area contributed by atoms with Crippen molar-refractivity contribution in [1.82, 2.24) is 73.3 Å². The van der Waals surface area contributed by atoms with Crippen molar-refractivity contribution < 1.29 is 87.7 Å². The Morgan fingerprint density at radius 2 is 1.45 bits per heavy atom. The SMILES string of the molecule is CC(NC(=O)C(CO)NC(=O)C1CCN=C(C(CCC(N)=O)NC(=O)C(CC(N)=O)N(O)C(=O)CNC(=O)CNC(=O)C(CCCCN)NC(=O)C(C)NC(=O)C2CCNC3=C(NC(=O)CCC(N)=O)C=C4C=C(O)C(O)=CC4N32)N1)C(=O)NC1CCCN(C)C1=O. The summed E-state index contributed by atoms with van der Waals surface area (Å²) in [5.41, 5.74) is 22.2. The number of nitrogens with one attached hydrogen (secondary N) is 11. The fraction of sp³-hybridized carbons (Fsp3) is 0.582. The Hall–Kier alpha value is -9.91. The van der Waals surface area contributed by atoms with Crippen LogP contribution in [0.4, 0.5) is 0 Å². The number of unbranched alkanes of at least 4 members (excludes halogenated alkanes) is 1. The molecule has 1 aliphatic carbocycles. The quantitative estimate of drug-likeness (QED) is 0.0165. The molecule has 506 valence electrons. The maximum absolute atomic E-state index is 14.1. The van der Waals surface area contributed by atoms with E-state index in [0.29, 0.717) is 37.8 Å². The van der Waals surface area contributed by atoms with Crippen LogP contribution in [0.25, 0.3) is 0 Å². The number of amidine groups is 1. The predicted molar refractivity (Wildman–Crippen MR) is 319 cm³/mol. The van der Waals surface area contributed by atoms with Gasteiger partial charge in [0.05, 0.1) is 43.9 Å². The van der Waals surface area contributed by atoms with Crippen LogP contribution in [0, 0.1) is 0 Å². The number of allylic oxidation sites excluding steroid dienone is 1. The molecule has 4 heterocycles. The van der Waals surface area contributed by atoms with Gasteiger partial charge in [-0.25, -0.2) is 5.06 Å². The highest BCUT2D eigenvalue weighted by molar-refractivity contribution is 6.00. The van der Waals surface area contributed by atoms with Crippen LogP contribution in [0.5, 0.6) is 0 Å². The number of piperidine rings is 1. The summed E-state index contributed by atoms with van der Waals surface area (Å²) in [6.07, 6.45) is 3.71. The molecule has 92 heavy (non-hydrogen) atoms. The molecular formula is C55H83N19O18. The number of hydrogen-bond donors (Lipinski definition) is 19. The van der Waals surface area contributed by atoms with E-state index in [1.807, 2.05) is 0 Å². The number of nitrogens with zero attached hydrogens (tertiary/aromatic N) is 4. The number of primary amides is 3. The van der Waals surface area contributed by atoms with Gasteiger partial charge < -0.3 is 107 Å². The Morgan fingerprint density at radius 1 is 0.739 bits per heavy atom. The van der Waals surface area contributed by atoms with Crippen LogP contribution in [0.15, 0.2) is 51.8 Å². The number of aliphatic imine (C=N–C) groups is 1. The molecule has 2 saturated heterocycles. The summed E-state index contributed by atoms with van der Waals surface area (Å²) >= 11 is 0. The molecule has 0 radical (unpaired) electrons. The topological polar surface area (TPSA) is 578 Å². The average Bonchev–Trinajstić information content (AvgIpc) is 0.753. The summed E-state index contributed by atoms with van der Waals surface area (Å²) in [4.78, 5) is 189. The maximum atomic E-state index is 14.1. The van der Waals surface area contributed by atoms with Crippen LogP contribution in [0.1, 0.15) is 90.9 Å². The first-order valence-electron chi connectivity index (χ1n) is 29.7. The molecule has 0 bridgehead atoms. The summed E-state index contributed by atoms with van der Waals surface area (Å²) in [5.74, 6) is -13.0. The Balaban J connectivity index is 1.16. The summed E-state index contributed by atoms with van der Waals surface area (Å²) in [6, 6.07) is -12.7. The van der Waals surface area contributed by atoms with Crippen molar-refractivity contribution in [2.75, 3.05) is 52.9 Å². The zero-order valence-corrected chi connectivity index (χ0v) is 51.0. The van der Waals surface area contributed by atoms with Crippen molar-refractivity contribution >= 4 is 88.5 Å². The molecule has 5 aliphatic rings. The monoisotopic (exact) mass is 1300 g/mol. The number of aliphatic hydroxyl groups is 3. The molecule has 14 amide bonds. The van der Waals surface area contributed by atoms with Gasteiger partial charge in [-0.15, -0.1) is 0 Å². The molecular weight excluding hydrogens is 1210 g/mol. The molecule has 0 aromatic rings. The van der Waals surface area contributed by atoms with Gasteiger partial charge >= 0.3 is 0 Å². The van der Waals surface area contributed by atoms with E-state index in [1.165, 1.54) is 37.0 Å². The lowest BCUT2D eigenvalue weighted by molar-refractivity contribution is -0.180. The third-order valence-electron chi connectivity index (χ3n) is 15.2. The lowest BCUT2D eigenvalue weighted by Gasteiger charge is -2.47. The van der Waals surface area contributed by atoms with E-state index in [0.717, 1.165) is 0 Å². The van der Waals surface area contributed by atoms with E-state index >= 15 is 0 Å². The molecule has 0 saturated carbocycles. The average molecular weight is 1300 g/mol. The number of carbonyl (C=O) groups is 14. The van der Waals surface area contributed by atoms with E-state index in [-0.39, 0.29) is 86.5 Å². The van der Waals surface area contributed by atoms with Crippen molar-refractivity contribution in [3.63, 3.8) is 0 Å². The minimum absolute atomic E-state index is 0.00229. The van der Waals surface area contributed by atoms with Crippen molar-refractivity contribution in [3.05, 3.63) is 46.8 Å². The molecule has 37 heteroatoms. The number of hydroxylamine groups is 2. The Labute approximate surface area is 527 Å². The first-order valence-corrected chi connectivity index (χ1v) is 29.7. The fourth-order valence-corrected chi connectivity index (χ4v) is 10.2. The van der Waals surface area contributed by atoms with Gasteiger partial charge in [0.15, 0.2) is 11.5 Å². The van der Waals surface area contributed by atoms with Gasteiger partial charge in [-0.3, -0.25) is 77.3 Å². The Bertz CT molecular complexity index is 3020. The molecule has 4 aliphatic heterocycles. The van der Waals surface area contributed by atoms with E-state index in [2.05, 4.69) is 63.5 Å². The first-order chi connectivity index (χ1) is 43.5. The van der Waals surface area contributed by atoms with Crippen LogP contribution in [-0.4, -0.2) is 237 Å². The highest BCUT2D eigenvalue weighted by atomic mass is 16.5. The Kier molecular flexibility index (Phi) is 27.2. The van der Waals surface area contributed by atoms with Crippen molar-refractivity contribution in [1.29, 1.82) is 0 Å². The number of likely N-dealkylation sites (tertiary alicyclic amines) is 1. The van der Waals surface area contributed by atoms with Gasteiger partial charge in [-0.2, -0.15) is 0 Å². The van der Waals surface area contributed by atoms with E-state index in [4.69, 9.17) is 22.9 Å². The fourth-order valence-electron chi connectivity index (χ4n) is 10.2. The van der Waals surface area contributed by atoms with Gasteiger partial charge in [0.2, 0.25) is 76.8 Å². The number of hydrogen-bond acceptors (Lipinski definition) is 23. The summed E-state index contributed by atoms with van der Waals surface area (Å²) < 4.78 is 0. The molecule has 23 N–H and O–H groups in total. The first kappa shape index (κ1) is 72.8. The van der Waals surface area contributed by atoms with E-state index in [1.54, 1.807) is 11.9 Å². The normalized spacial score (nSPS) is 20.3. The number of nitrogens with two attached hydrogens (primary N) is 4. The van der Waals surface area contributed by atoms with Crippen molar-refractivity contribution in [3.8, 4) is 0 Å². The lowest BCUT2D eigenvalue weighted by Crippen LogP contribution is -2.61. The smallest absolute Gasteiger partial charge is 0.266 e. The largest absolute Gasteiger partial charge is 0.504 e. The second-order valence-corrected chi connectivity index (χ2v) is 22.3. The van der Waals surface area contributed by atoms with Gasteiger partial charge in [0.25, 0.3) is 5.91 Å². The second kappa shape index (κ2) is 34.3. The van der Waals surface area contributed by atoms with Crippen molar-refractivity contribution in [2.24, 2.45) is 27.9 Å². The zero-order valence-electron chi connectivity index (χ0n) is 51.0. The molecule has 0 aromatic carbocycles. The predicted octanol–water partition coefficient (Wildman–Crippen LogP) is -8.55. The number of likely N-dealkylation sites (N-methyl/N-ethyl adjacent to an activating group) is 1. The maximum Gasteiger partial charge on any atom is 0.266 e. The molecule has 10 unspecified atom stereocenters. The molecule has 5 rings (SSSR count). The zero-order chi connectivity index (χ0) is 68.1. The third kappa shape index (κ3) is 20.8. The van der Waals surface area contributed by atoms with E-state index < -0.39 is 181 Å². The molecule has 0 spiro atoms. The van der Waals surface area contributed by atoms with Crippen LogP contribution in [0.2, 0.25) is 0 Å². The number of amides is 14. The third-order valence-corrected chi connectivity index (χ3v) is 15.2. The minimum atomic E-state index is -2.09. The molecule has 2 fully saturated rings. The van der Waals surface area contributed by atoms with Gasteiger partial charge in [0, 0.05) is 45.9 Å². The van der Waals surface area contributed by atoms with Crippen molar-refractivity contribution in [2.45, 2.75) is 151 Å². The number of rotatable bonds is 33. The van der Waals surface area contributed by atoms with Gasteiger partial charge in [-0.05, 0) is 95.6 Å². The van der Waals surface area contributed by atoms with Crippen LogP contribution in [-0.2, 0) is 67.1 Å². The number of aliphatic hydroxyl groups excluding tert-OH is 3. The highest BCUT2D eigenvalue weighted by Crippen LogP contribution is 2.35. The number of carbonyl (C=O) groups excluding carboxylic acids is 14. The lowest BCUT2D eigenvalue weighted by atomic mass is 9.90. The number of fused-ring (bicyclic) bond motifs is 3. The summed E-state index contributed by atoms with van der Waals surface area (Å²) in [7, 11) is 1.59. The van der Waals surface area contributed by atoms with E-state index in [9.17, 15) is 87.7 Å². The second-order valence-electron chi connectivity index (χ2n) is 22.3. The minimum Gasteiger partial charge on any atom is -0.504 e. The molecule has 0 aromatic heterocycles. The van der Waals surface area contributed by atoms with Crippen LogP contribution in [0.3, 0.4) is 0 Å². The molecule has 37 nitrogen and oxygen atoms in total. The highest BCUT2D eigenvalue weighted by Gasteiger charge is 2.43.